The highest BCUT2D eigenvalue weighted by atomic mass is 16.5. The molecule has 3 aliphatic rings. The van der Waals surface area contributed by atoms with Crippen LogP contribution in [0.5, 0.6) is 0 Å². The van der Waals surface area contributed by atoms with Gasteiger partial charge in [0.25, 0.3) is 0 Å². The molecule has 0 spiro atoms. The van der Waals surface area contributed by atoms with Crippen molar-refractivity contribution >= 4 is 17.8 Å². The lowest BCUT2D eigenvalue weighted by Gasteiger charge is -2.29. The maximum absolute atomic E-state index is 12.4. The van der Waals surface area contributed by atoms with Crippen molar-refractivity contribution in [2.24, 2.45) is 0 Å². The molecule has 0 radical (unpaired) electrons. The molecule has 9 nitrogen and oxygen atoms in total. The summed E-state index contributed by atoms with van der Waals surface area (Å²) >= 11 is 0. The van der Waals surface area contributed by atoms with Crippen LogP contribution in [0.25, 0.3) is 0 Å². The maximum Gasteiger partial charge on any atom is 0.326 e. The zero-order valence-corrected chi connectivity index (χ0v) is 19.4. The Morgan fingerprint density at radius 3 is 2.82 bits per heavy atom. The zero-order chi connectivity index (χ0) is 23.0. The summed E-state index contributed by atoms with van der Waals surface area (Å²) in [6.45, 7) is 4.65. The lowest BCUT2D eigenvalue weighted by atomic mass is 10.1. The summed E-state index contributed by atoms with van der Waals surface area (Å²) in [6.07, 6.45) is 8.12. The van der Waals surface area contributed by atoms with Gasteiger partial charge >= 0.3 is 12.0 Å². The SMILES string of the molecule is O=C(O)[C@H](CCN(CCCCc1ccc2c(n1)NCCC2)C1CC1)NC(=O)N1CCOCC1. The van der Waals surface area contributed by atoms with Crippen molar-refractivity contribution in [2.45, 2.75) is 63.5 Å². The fourth-order valence-electron chi connectivity index (χ4n) is 4.60. The van der Waals surface area contributed by atoms with Crippen molar-refractivity contribution in [3.05, 3.63) is 23.4 Å². The molecule has 1 aliphatic carbocycles. The van der Waals surface area contributed by atoms with Crippen LogP contribution in [0.2, 0.25) is 0 Å². The fraction of sp³-hybridized carbons (Fsp3) is 0.708. The Bertz CT molecular complexity index is 810. The summed E-state index contributed by atoms with van der Waals surface area (Å²) in [5.74, 6) is 0.0802. The highest BCUT2D eigenvalue weighted by Crippen LogP contribution is 2.27. The second kappa shape index (κ2) is 11.7. The Labute approximate surface area is 195 Å². The molecular formula is C24H37N5O4. The number of ether oxygens (including phenoxy) is 1. The van der Waals surface area contributed by atoms with E-state index >= 15 is 0 Å². The first-order chi connectivity index (χ1) is 16.1. The van der Waals surface area contributed by atoms with E-state index in [1.54, 1.807) is 4.90 Å². The lowest BCUT2D eigenvalue weighted by molar-refractivity contribution is -0.139. The number of carbonyl (C=O) groups excluding carboxylic acids is 1. The Balaban J connectivity index is 1.20. The van der Waals surface area contributed by atoms with Crippen LogP contribution in [0.15, 0.2) is 12.1 Å². The van der Waals surface area contributed by atoms with Crippen LogP contribution in [-0.4, -0.2) is 89.9 Å². The van der Waals surface area contributed by atoms with E-state index in [4.69, 9.17) is 9.72 Å². The topological polar surface area (TPSA) is 107 Å². The molecule has 0 unspecified atom stereocenters. The van der Waals surface area contributed by atoms with Gasteiger partial charge in [-0.1, -0.05) is 6.07 Å². The molecule has 4 rings (SSSR count). The zero-order valence-electron chi connectivity index (χ0n) is 19.4. The minimum absolute atomic E-state index is 0.310. The summed E-state index contributed by atoms with van der Waals surface area (Å²) < 4.78 is 5.26. The van der Waals surface area contributed by atoms with Crippen molar-refractivity contribution < 1.29 is 19.4 Å². The Morgan fingerprint density at radius 1 is 1.24 bits per heavy atom. The quantitative estimate of drug-likeness (QED) is 0.435. The summed E-state index contributed by atoms with van der Waals surface area (Å²) in [5, 5.41) is 15.7. The van der Waals surface area contributed by atoms with Gasteiger partial charge in [0.05, 0.1) is 13.2 Å². The van der Waals surface area contributed by atoms with E-state index < -0.39 is 12.0 Å². The van der Waals surface area contributed by atoms with Gasteiger partial charge in [0.2, 0.25) is 0 Å². The molecule has 9 heteroatoms. The van der Waals surface area contributed by atoms with Crippen LogP contribution < -0.4 is 10.6 Å². The first-order valence-electron chi connectivity index (χ1n) is 12.4. The average Bonchev–Trinajstić information content (AvgIpc) is 3.68. The van der Waals surface area contributed by atoms with E-state index in [0.717, 1.165) is 50.3 Å². The molecule has 182 valence electrons. The first kappa shape index (κ1) is 23.8. The summed E-state index contributed by atoms with van der Waals surface area (Å²) in [7, 11) is 0. The van der Waals surface area contributed by atoms with Crippen molar-refractivity contribution in [3.8, 4) is 0 Å². The predicted molar refractivity (Wildman–Crippen MR) is 126 cm³/mol. The number of carboxylic acids is 1. The molecule has 2 fully saturated rings. The minimum atomic E-state index is -0.973. The number of aliphatic carboxylic acids is 1. The number of hydrogen-bond acceptors (Lipinski definition) is 6. The Morgan fingerprint density at radius 2 is 2.06 bits per heavy atom. The monoisotopic (exact) mass is 459 g/mol. The van der Waals surface area contributed by atoms with Crippen LogP contribution >= 0.6 is 0 Å². The summed E-state index contributed by atoms with van der Waals surface area (Å²) in [6, 6.07) is 3.74. The molecule has 1 aromatic heterocycles. The number of aromatic nitrogens is 1. The maximum atomic E-state index is 12.4. The van der Waals surface area contributed by atoms with Crippen LogP contribution in [0.4, 0.5) is 10.6 Å². The smallest absolute Gasteiger partial charge is 0.326 e. The van der Waals surface area contributed by atoms with Crippen LogP contribution in [0.1, 0.15) is 49.8 Å². The average molecular weight is 460 g/mol. The molecule has 1 atom stereocenters. The number of pyridine rings is 1. The second-order valence-electron chi connectivity index (χ2n) is 9.29. The molecule has 3 N–H and O–H groups in total. The number of fused-ring (bicyclic) bond motifs is 1. The number of unbranched alkanes of at least 4 members (excludes halogenated alkanes) is 1. The van der Waals surface area contributed by atoms with Crippen molar-refractivity contribution in [2.75, 3.05) is 51.3 Å². The third-order valence-corrected chi connectivity index (χ3v) is 6.74. The van der Waals surface area contributed by atoms with Gasteiger partial charge in [-0.3, -0.25) is 0 Å². The number of rotatable bonds is 11. The summed E-state index contributed by atoms with van der Waals surface area (Å²) in [4.78, 5) is 33.0. The van der Waals surface area contributed by atoms with Gasteiger partial charge in [-0.05, 0) is 69.5 Å². The van der Waals surface area contributed by atoms with Crippen LogP contribution in [-0.2, 0) is 22.4 Å². The van der Waals surface area contributed by atoms with Gasteiger partial charge in [0.1, 0.15) is 11.9 Å². The van der Waals surface area contributed by atoms with Crippen molar-refractivity contribution in [3.63, 3.8) is 0 Å². The van der Waals surface area contributed by atoms with Gasteiger partial charge < -0.3 is 30.3 Å². The molecule has 33 heavy (non-hydrogen) atoms. The highest BCUT2D eigenvalue weighted by Gasteiger charge is 2.30. The number of amides is 2. The normalized spacial score (nSPS) is 19.0. The number of nitrogens with zero attached hydrogens (tertiary/aromatic N) is 3. The molecule has 0 aromatic carbocycles. The van der Waals surface area contributed by atoms with Gasteiger partial charge in [0.15, 0.2) is 0 Å². The van der Waals surface area contributed by atoms with Crippen LogP contribution in [0, 0.1) is 0 Å². The van der Waals surface area contributed by atoms with E-state index in [9.17, 15) is 14.7 Å². The van der Waals surface area contributed by atoms with Crippen LogP contribution in [0.3, 0.4) is 0 Å². The molecule has 1 saturated carbocycles. The molecule has 1 aromatic rings. The van der Waals surface area contributed by atoms with Crippen molar-refractivity contribution in [1.82, 2.24) is 20.1 Å². The summed E-state index contributed by atoms with van der Waals surface area (Å²) in [5.41, 5.74) is 2.46. The number of aryl methyl sites for hydroxylation is 2. The van der Waals surface area contributed by atoms with Gasteiger partial charge in [-0.15, -0.1) is 0 Å². The molecule has 1 saturated heterocycles. The highest BCUT2D eigenvalue weighted by molar-refractivity contribution is 5.82. The minimum Gasteiger partial charge on any atom is -0.480 e. The molecule has 0 bridgehead atoms. The van der Waals surface area contributed by atoms with Gasteiger partial charge in [-0.2, -0.15) is 0 Å². The Kier molecular flexibility index (Phi) is 8.39. The first-order valence-corrected chi connectivity index (χ1v) is 12.4. The van der Waals surface area contributed by atoms with E-state index in [1.807, 2.05) is 0 Å². The molecule has 2 amide bonds. The largest absolute Gasteiger partial charge is 0.480 e. The number of morpholine rings is 1. The standard InChI is InChI=1S/C24H37N5O4/c30-23(31)21(27-24(32)29-14-16-33-17-15-29)10-13-28(20-8-9-20)12-2-1-5-19-7-6-18-4-3-11-25-22(18)26-19/h6-7,20-21H,1-5,8-17H2,(H,25,26)(H,27,32)(H,30,31)/t21-/m0/s1. The lowest BCUT2D eigenvalue weighted by Crippen LogP contribution is -2.52. The molecule has 2 aliphatic heterocycles. The fourth-order valence-corrected chi connectivity index (χ4v) is 4.60. The molecular weight excluding hydrogens is 422 g/mol. The number of carboxylic acid groups (broad SMARTS) is 1. The van der Waals surface area contributed by atoms with E-state index in [1.165, 1.54) is 24.8 Å². The van der Waals surface area contributed by atoms with E-state index in [-0.39, 0.29) is 6.03 Å². The number of carbonyl (C=O) groups is 2. The van der Waals surface area contributed by atoms with Gasteiger partial charge in [-0.25, -0.2) is 14.6 Å². The van der Waals surface area contributed by atoms with Crippen molar-refractivity contribution in [1.29, 1.82) is 0 Å². The van der Waals surface area contributed by atoms with E-state index in [2.05, 4.69) is 27.7 Å². The number of urea groups is 1. The molecule has 3 heterocycles. The number of nitrogens with one attached hydrogen (secondary N) is 2. The number of hydrogen-bond donors (Lipinski definition) is 3. The second-order valence-corrected chi connectivity index (χ2v) is 9.29. The van der Waals surface area contributed by atoms with Gasteiger partial charge in [0, 0.05) is 37.9 Å². The number of anilines is 1. The predicted octanol–water partition coefficient (Wildman–Crippen LogP) is 2.11. The Hall–Kier alpha value is -2.39. The third kappa shape index (κ3) is 7.04. The third-order valence-electron chi connectivity index (χ3n) is 6.74. The van der Waals surface area contributed by atoms with E-state index in [0.29, 0.717) is 45.3 Å².